The number of halogens is 2. The van der Waals surface area contributed by atoms with Crippen LogP contribution in [0.15, 0.2) is 24.4 Å². The van der Waals surface area contributed by atoms with E-state index in [4.69, 9.17) is 23.2 Å². The quantitative estimate of drug-likeness (QED) is 0.760. The number of rotatable bonds is 1. The van der Waals surface area contributed by atoms with Crippen molar-refractivity contribution >= 4 is 40.8 Å². The lowest BCUT2D eigenvalue weighted by atomic mass is 10.1. The number of benzene rings is 1. The number of amides is 2. The Morgan fingerprint density at radius 1 is 1.05 bits per heavy atom. The molecule has 0 N–H and O–H groups in total. The lowest BCUT2D eigenvalue weighted by Gasteiger charge is -2.12. The van der Waals surface area contributed by atoms with Crippen LogP contribution in [0.4, 0.5) is 5.82 Å². The molecule has 1 aliphatic rings. The molecule has 100 valence electrons. The highest BCUT2D eigenvalue weighted by Crippen LogP contribution is 2.33. The zero-order chi connectivity index (χ0) is 14.4. The molecule has 0 atom stereocenters. The number of carbonyl (C=O) groups excluding carboxylic acids is 2. The fraction of sp³-hybridized carbons (Fsp3) is 0.0769. The molecule has 2 heterocycles. The first-order valence-electron chi connectivity index (χ1n) is 5.66. The molecular formula is C13H7Cl2N3O2. The summed E-state index contributed by atoms with van der Waals surface area (Å²) in [6, 6.07) is 4.29. The molecule has 0 radical (unpaired) electrons. The van der Waals surface area contributed by atoms with E-state index < -0.39 is 11.8 Å². The number of hydrogen-bond donors (Lipinski definition) is 0. The maximum atomic E-state index is 12.3. The van der Waals surface area contributed by atoms with Crippen molar-refractivity contribution in [2.45, 2.75) is 6.92 Å². The molecule has 0 bridgehead atoms. The fourth-order valence-corrected chi connectivity index (χ4v) is 2.34. The Morgan fingerprint density at radius 3 is 2.10 bits per heavy atom. The molecule has 1 aromatic carbocycles. The van der Waals surface area contributed by atoms with Crippen LogP contribution in [0.1, 0.15) is 26.5 Å². The van der Waals surface area contributed by atoms with E-state index >= 15 is 0 Å². The molecule has 0 spiro atoms. The summed E-state index contributed by atoms with van der Waals surface area (Å²) >= 11 is 11.8. The molecule has 7 heteroatoms. The third kappa shape index (κ3) is 1.87. The van der Waals surface area contributed by atoms with Crippen molar-refractivity contribution in [3.8, 4) is 0 Å². The number of anilines is 1. The Kier molecular flexibility index (Phi) is 2.96. The first kappa shape index (κ1) is 13.0. The van der Waals surface area contributed by atoms with Gasteiger partial charge >= 0.3 is 0 Å². The molecule has 0 unspecified atom stereocenters. The highest BCUT2D eigenvalue weighted by molar-refractivity contribution is 6.44. The van der Waals surface area contributed by atoms with Crippen molar-refractivity contribution in [2.75, 3.05) is 4.90 Å². The molecule has 1 aromatic heterocycles. The number of imide groups is 1. The highest BCUT2D eigenvalue weighted by Gasteiger charge is 2.38. The Labute approximate surface area is 124 Å². The standard InChI is InChI=1S/C13H7Cl2N3O2/c1-6-16-3-2-11(17-6)18-12(19)7-4-9(14)10(15)5-8(7)13(18)20/h2-5H,1H3. The highest BCUT2D eigenvalue weighted by atomic mass is 35.5. The van der Waals surface area contributed by atoms with Gasteiger partial charge in [-0.2, -0.15) is 0 Å². The van der Waals surface area contributed by atoms with Crippen molar-refractivity contribution in [1.29, 1.82) is 0 Å². The normalized spacial score (nSPS) is 13.8. The first-order chi connectivity index (χ1) is 9.49. The monoisotopic (exact) mass is 307 g/mol. The van der Waals surface area contributed by atoms with E-state index in [0.717, 1.165) is 4.90 Å². The first-order valence-corrected chi connectivity index (χ1v) is 6.42. The Hall–Kier alpha value is -1.98. The van der Waals surface area contributed by atoms with Crippen LogP contribution >= 0.6 is 23.2 Å². The molecule has 2 aromatic rings. The van der Waals surface area contributed by atoms with Gasteiger partial charge in [0.2, 0.25) is 0 Å². The van der Waals surface area contributed by atoms with Gasteiger partial charge in [-0.1, -0.05) is 23.2 Å². The van der Waals surface area contributed by atoms with E-state index in [2.05, 4.69) is 9.97 Å². The van der Waals surface area contributed by atoms with Crippen LogP contribution in [0.3, 0.4) is 0 Å². The summed E-state index contributed by atoms with van der Waals surface area (Å²) < 4.78 is 0. The Balaban J connectivity index is 2.14. The van der Waals surface area contributed by atoms with Gasteiger partial charge in [0.05, 0.1) is 21.2 Å². The summed E-state index contributed by atoms with van der Waals surface area (Å²) in [6.45, 7) is 1.68. The van der Waals surface area contributed by atoms with Crippen molar-refractivity contribution in [3.05, 3.63) is 51.4 Å². The van der Waals surface area contributed by atoms with Gasteiger partial charge < -0.3 is 0 Å². The molecule has 0 aliphatic carbocycles. The van der Waals surface area contributed by atoms with E-state index in [-0.39, 0.29) is 27.0 Å². The predicted octanol–water partition coefficient (Wildman–Crippen LogP) is 2.89. The second kappa shape index (κ2) is 4.54. The number of aryl methyl sites for hydroxylation is 1. The zero-order valence-electron chi connectivity index (χ0n) is 10.2. The molecule has 3 rings (SSSR count). The number of aromatic nitrogens is 2. The van der Waals surface area contributed by atoms with E-state index in [9.17, 15) is 9.59 Å². The van der Waals surface area contributed by atoms with Crippen LogP contribution in [-0.2, 0) is 0 Å². The second-order valence-corrected chi connectivity index (χ2v) is 5.03. The van der Waals surface area contributed by atoms with Crippen molar-refractivity contribution < 1.29 is 9.59 Å². The molecule has 0 saturated heterocycles. The molecule has 20 heavy (non-hydrogen) atoms. The Bertz CT molecular complexity index is 720. The van der Waals surface area contributed by atoms with Crippen LogP contribution in [0.2, 0.25) is 10.0 Å². The average Bonchev–Trinajstić information content (AvgIpc) is 2.63. The second-order valence-electron chi connectivity index (χ2n) is 4.22. The predicted molar refractivity (Wildman–Crippen MR) is 74.4 cm³/mol. The van der Waals surface area contributed by atoms with Gasteiger partial charge in [-0.3, -0.25) is 9.59 Å². The molecule has 5 nitrogen and oxygen atoms in total. The van der Waals surface area contributed by atoms with Crippen LogP contribution in [0.5, 0.6) is 0 Å². The summed E-state index contributed by atoms with van der Waals surface area (Å²) in [6.07, 6.45) is 1.49. The molecular weight excluding hydrogens is 301 g/mol. The van der Waals surface area contributed by atoms with Gasteiger partial charge in [0.15, 0.2) is 0 Å². The topological polar surface area (TPSA) is 63.2 Å². The Morgan fingerprint density at radius 2 is 1.60 bits per heavy atom. The van der Waals surface area contributed by atoms with E-state index in [1.807, 2.05) is 0 Å². The fourth-order valence-electron chi connectivity index (χ4n) is 2.01. The SMILES string of the molecule is Cc1nccc(N2C(=O)c3cc(Cl)c(Cl)cc3C2=O)n1. The third-order valence-electron chi connectivity index (χ3n) is 2.92. The van der Waals surface area contributed by atoms with Gasteiger partial charge in [0.1, 0.15) is 11.6 Å². The minimum Gasteiger partial charge on any atom is -0.268 e. The summed E-state index contributed by atoms with van der Waals surface area (Å²) in [7, 11) is 0. The maximum absolute atomic E-state index is 12.3. The van der Waals surface area contributed by atoms with Gasteiger partial charge in [0.25, 0.3) is 11.8 Å². The summed E-state index contributed by atoms with van der Waals surface area (Å²) in [5.41, 5.74) is 0.446. The van der Waals surface area contributed by atoms with Crippen LogP contribution in [-0.4, -0.2) is 21.8 Å². The number of hydrogen-bond acceptors (Lipinski definition) is 4. The summed E-state index contributed by atoms with van der Waals surface area (Å²) in [4.78, 5) is 33.7. The van der Waals surface area contributed by atoms with Crippen molar-refractivity contribution in [2.24, 2.45) is 0 Å². The van der Waals surface area contributed by atoms with E-state index in [1.54, 1.807) is 6.92 Å². The van der Waals surface area contributed by atoms with Crippen molar-refractivity contribution in [3.63, 3.8) is 0 Å². The summed E-state index contributed by atoms with van der Waals surface area (Å²) in [5.74, 6) is -0.241. The van der Waals surface area contributed by atoms with Crippen LogP contribution in [0, 0.1) is 6.92 Å². The van der Waals surface area contributed by atoms with Crippen LogP contribution < -0.4 is 4.90 Å². The third-order valence-corrected chi connectivity index (χ3v) is 3.64. The lowest BCUT2D eigenvalue weighted by molar-refractivity contribution is 0.0925. The minimum absolute atomic E-state index is 0.223. The average molecular weight is 308 g/mol. The van der Waals surface area contributed by atoms with Crippen molar-refractivity contribution in [1.82, 2.24) is 9.97 Å². The van der Waals surface area contributed by atoms with E-state index in [1.165, 1.54) is 24.4 Å². The smallest absolute Gasteiger partial charge is 0.267 e. The number of fused-ring (bicyclic) bond motifs is 1. The number of nitrogens with zero attached hydrogens (tertiary/aromatic N) is 3. The zero-order valence-corrected chi connectivity index (χ0v) is 11.7. The minimum atomic E-state index is -0.471. The summed E-state index contributed by atoms with van der Waals surface area (Å²) in [5, 5.41) is 0.458. The molecule has 0 fully saturated rings. The van der Waals surface area contributed by atoms with E-state index in [0.29, 0.717) is 5.82 Å². The van der Waals surface area contributed by atoms with Gasteiger partial charge in [-0.25, -0.2) is 14.9 Å². The molecule has 2 amide bonds. The lowest BCUT2D eigenvalue weighted by Crippen LogP contribution is -2.30. The number of carbonyl (C=O) groups is 2. The van der Waals surface area contributed by atoms with Gasteiger partial charge in [0, 0.05) is 6.20 Å². The van der Waals surface area contributed by atoms with Crippen LogP contribution in [0.25, 0.3) is 0 Å². The largest absolute Gasteiger partial charge is 0.268 e. The maximum Gasteiger partial charge on any atom is 0.267 e. The van der Waals surface area contributed by atoms with Gasteiger partial charge in [-0.05, 0) is 25.1 Å². The molecule has 0 saturated carbocycles. The van der Waals surface area contributed by atoms with Gasteiger partial charge in [-0.15, -0.1) is 0 Å². The molecule has 1 aliphatic heterocycles.